The van der Waals surface area contributed by atoms with Crippen LogP contribution in [0.4, 0.5) is 10.8 Å². The Kier molecular flexibility index (Phi) is 5.83. The lowest BCUT2D eigenvalue weighted by atomic mass is 10.1. The smallest absolute Gasteiger partial charge is 0.264 e. The van der Waals surface area contributed by atoms with E-state index in [1.807, 2.05) is 36.3 Å². The number of anilines is 2. The first-order valence-corrected chi connectivity index (χ1v) is 12.7. The van der Waals surface area contributed by atoms with Gasteiger partial charge in [-0.05, 0) is 11.6 Å². The molecule has 2 aliphatic rings. The van der Waals surface area contributed by atoms with Crippen molar-refractivity contribution in [3.8, 4) is 11.1 Å². The molecule has 0 saturated carbocycles. The van der Waals surface area contributed by atoms with Gasteiger partial charge in [0, 0.05) is 51.9 Å². The topological polar surface area (TPSA) is 79.6 Å². The molecule has 3 aromatic heterocycles. The van der Waals surface area contributed by atoms with Gasteiger partial charge < -0.3 is 19.4 Å². The third-order valence-corrected chi connectivity index (χ3v) is 7.87. The summed E-state index contributed by atoms with van der Waals surface area (Å²) >= 11 is 1.60. The number of carbonyl (C=O) groups excluding carboxylic acids is 1. The van der Waals surface area contributed by atoms with Crippen LogP contribution in [-0.4, -0.2) is 83.0 Å². The predicted octanol–water partition coefficient (Wildman–Crippen LogP) is 2.89. The van der Waals surface area contributed by atoms with Gasteiger partial charge >= 0.3 is 0 Å². The molecule has 1 aromatic carbocycles. The number of piperazine rings is 1. The Morgan fingerprint density at radius 1 is 0.971 bits per heavy atom. The Balaban J connectivity index is 1.22. The zero-order valence-corrected chi connectivity index (χ0v) is 20.4. The molecule has 1 amide bonds. The monoisotopic (exact) mass is 489 g/mol. The molecular weight excluding hydrogens is 462 g/mol. The Morgan fingerprint density at radius 2 is 1.74 bits per heavy atom. The zero-order chi connectivity index (χ0) is 23.8. The lowest BCUT2D eigenvalue weighted by Crippen LogP contribution is -2.49. The minimum atomic E-state index is 0.0977. The number of carbonyl (C=O) groups is 1. The van der Waals surface area contributed by atoms with Crippen molar-refractivity contribution >= 4 is 39.1 Å². The van der Waals surface area contributed by atoms with Crippen molar-refractivity contribution in [1.29, 1.82) is 0 Å². The molecule has 0 N–H and O–H groups in total. The first-order valence-electron chi connectivity index (χ1n) is 11.9. The zero-order valence-electron chi connectivity index (χ0n) is 19.6. The lowest BCUT2D eigenvalue weighted by molar-refractivity contribution is 0.0751. The van der Waals surface area contributed by atoms with Crippen molar-refractivity contribution in [2.75, 3.05) is 62.3 Å². The van der Waals surface area contributed by atoms with Crippen molar-refractivity contribution < 1.29 is 9.53 Å². The number of aryl methyl sites for hydroxylation is 1. The molecule has 9 nitrogen and oxygen atoms in total. The van der Waals surface area contributed by atoms with Crippen molar-refractivity contribution in [1.82, 2.24) is 24.6 Å². The number of fused-ring (bicyclic) bond motifs is 1. The number of amides is 1. The summed E-state index contributed by atoms with van der Waals surface area (Å²) < 4.78 is 7.32. The van der Waals surface area contributed by atoms with Crippen LogP contribution in [-0.2, 0) is 11.8 Å². The van der Waals surface area contributed by atoms with E-state index in [1.165, 1.54) is 0 Å². The highest BCUT2D eigenvalue weighted by atomic mass is 32.1. The van der Waals surface area contributed by atoms with Crippen LogP contribution >= 0.6 is 11.3 Å². The first kappa shape index (κ1) is 22.0. The second-order valence-corrected chi connectivity index (χ2v) is 9.81. The Hall–Kier alpha value is -3.50. The Morgan fingerprint density at radius 3 is 2.51 bits per heavy atom. The summed E-state index contributed by atoms with van der Waals surface area (Å²) in [5.74, 6) is 0.979. The van der Waals surface area contributed by atoms with Crippen LogP contribution in [0.5, 0.6) is 0 Å². The molecule has 0 spiro atoms. The summed E-state index contributed by atoms with van der Waals surface area (Å²) in [5, 5.41) is 6.42. The molecule has 2 saturated heterocycles. The summed E-state index contributed by atoms with van der Waals surface area (Å²) in [5.41, 5.74) is 3.08. The van der Waals surface area contributed by atoms with Crippen LogP contribution in [0.3, 0.4) is 0 Å². The second-order valence-electron chi connectivity index (χ2n) is 8.78. The van der Waals surface area contributed by atoms with Crippen LogP contribution in [0.15, 0.2) is 48.9 Å². The van der Waals surface area contributed by atoms with Gasteiger partial charge in [0.05, 0.1) is 34.7 Å². The maximum Gasteiger partial charge on any atom is 0.264 e. The number of hydrogen-bond acceptors (Lipinski definition) is 8. The van der Waals surface area contributed by atoms with Gasteiger partial charge in [0.1, 0.15) is 12.1 Å². The summed E-state index contributed by atoms with van der Waals surface area (Å²) in [6.07, 6.45) is 3.40. The van der Waals surface area contributed by atoms with Gasteiger partial charge in [-0.3, -0.25) is 9.48 Å². The van der Waals surface area contributed by atoms with Crippen LogP contribution in [0.25, 0.3) is 22.2 Å². The van der Waals surface area contributed by atoms with E-state index in [2.05, 4.69) is 43.1 Å². The molecular formula is C25H27N7O2S. The molecule has 0 radical (unpaired) electrons. The van der Waals surface area contributed by atoms with Gasteiger partial charge in [0.25, 0.3) is 5.91 Å². The van der Waals surface area contributed by atoms with E-state index in [9.17, 15) is 4.79 Å². The normalized spacial score (nSPS) is 16.8. The van der Waals surface area contributed by atoms with Crippen LogP contribution in [0, 0.1) is 0 Å². The molecule has 0 bridgehead atoms. The summed E-state index contributed by atoms with van der Waals surface area (Å²) in [7, 11) is 1.88. The fourth-order valence-electron chi connectivity index (χ4n) is 4.79. The predicted molar refractivity (Wildman–Crippen MR) is 137 cm³/mol. The molecule has 4 aromatic rings. The summed E-state index contributed by atoms with van der Waals surface area (Å²) in [4.78, 5) is 29.7. The van der Waals surface area contributed by atoms with E-state index >= 15 is 0 Å². The Bertz CT molecular complexity index is 1340. The minimum absolute atomic E-state index is 0.0977. The first-order chi connectivity index (χ1) is 17.2. The molecule has 0 aliphatic carbocycles. The third-order valence-electron chi connectivity index (χ3n) is 6.68. The highest BCUT2D eigenvalue weighted by Crippen LogP contribution is 2.40. The van der Waals surface area contributed by atoms with Crippen LogP contribution in [0.2, 0.25) is 0 Å². The molecule has 0 unspecified atom stereocenters. The van der Waals surface area contributed by atoms with E-state index in [0.29, 0.717) is 26.3 Å². The van der Waals surface area contributed by atoms with E-state index in [1.54, 1.807) is 22.3 Å². The van der Waals surface area contributed by atoms with Gasteiger partial charge in [-0.1, -0.05) is 30.3 Å². The van der Waals surface area contributed by atoms with Crippen molar-refractivity contribution in [2.24, 2.45) is 7.05 Å². The number of morpholine rings is 1. The lowest BCUT2D eigenvalue weighted by Gasteiger charge is -2.35. The van der Waals surface area contributed by atoms with Crippen molar-refractivity contribution in [2.45, 2.75) is 0 Å². The van der Waals surface area contributed by atoms with Gasteiger partial charge in [-0.15, -0.1) is 11.3 Å². The van der Waals surface area contributed by atoms with Gasteiger partial charge in [0.2, 0.25) is 0 Å². The number of ether oxygens (including phenoxy) is 1. The number of hydrogen-bond donors (Lipinski definition) is 0. The SMILES string of the molecule is Cn1ncc2c(N3CCN(C(=O)c4cc(-c5ccccc5)c(N5CCOCC5)s4)CC3)ncnc21. The van der Waals surface area contributed by atoms with Crippen LogP contribution < -0.4 is 9.80 Å². The molecule has 5 heterocycles. The van der Waals surface area contributed by atoms with Crippen molar-refractivity contribution in [3.63, 3.8) is 0 Å². The summed E-state index contributed by atoms with van der Waals surface area (Å²) in [6.45, 7) is 5.85. The van der Waals surface area contributed by atoms with E-state index in [4.69, 9.17) is 4.74 Å². The number of thiophene rings is 1. The largest absolute Gasteiger partial charge is 0.378 e. The van der Waals surface area contributed by atoms with Gasteiger partial charge in [0.15, 0.2) is 5.65 Å². The average Bonchev–Trinajstić information content (AvgIpc) is 3.54. The van der Waals surface area contributed by atoms with E-state index < -0.39 is 0 Å². The number of aromatic nitrogens is 4. The van der Waals surface area contributed by atoms with E-state index in [-0.39, 0.29) is 5.91 Å². The average molecular weight is 490 g/mol. The number of nitrogens with zero attached hydrogens (tertiary/aromatic N) is 7. The number of benzene rings is 1. The molecule has 180 valence electrons. The maximum absolute atomic E-state index is 13.6. The molecule has 2 aliphatic heterocycles. The van der Waals surface area contributed by atoms with Gasteiger partial charge in [-0.2, -0.15) is 5.10 Å². The van der Waals surface area contributed by atoms with E-state index in [0.717, 1.165) is 64.0 Å². The standard InChI is InChI=1S/C25H27N7O2S/c1-29-22-20(16-28-29)23(27-17-26-22)30-7-9-31(10-8-30)24(33)21-15-19(18-5-3-2-4-6-18)25(35-21)32-11-13-34-14-12-32/h2-6,15-17H,7-14H2,1H3. The highest BCUT2D eigenvalue weighted by Gasteiger charge is 2.28. The molecule has 35 heavy (non-hydrogen) atoms. The maximum atomic E-state index is 13.6. The quantitative estimate of drug-likeness (QED) is 0.436. The molecule has 6 rings (SSSR count). The molecule has 0 atom stereocenters. The fourth-order valence-corrected chi connectivity index (χ4v) is 5.99. The number of rotatable bonds is 4. The Labute approximate surface area is 207 Å². The molecule has 2 fully saturated rings. The third kappa shape index (κ3) is 4.12. The fraction of sp³-hybridized carbons (Fsp3) is 0.360. The van der Waals surface area contributed by atoms with Crippen LogP contribution in [0.1, 0.15) is 9.67 Å². The summed E-state index contributed by atoms with van der Waals surface area (Å²) in [6, 6.07) is 12.4. The highest BCUT2D eigenvalue weighted by molar-refractivity contribution is 7.18. The second kappa shape index (κ2) is 9.27. The van der Waals surface area contributed by atoms with Gasteiger partial charge in [-0.25, -0.2) is 9.97 Å². The van der Waals surface area contributed by atoms with Crippen molar-refractivity contribution in [3.05, 3.63) is 53.8 Å². The minimum Gasteiger partial charge on any atom is -0.378 e. The molecule has 10 heteroatoms.